The second kappa shape index (κ2) is 4.61. The molecule has 3 N–H and O–H groups in total. The molecule has 0 spiro atoms. The minimum absolute atomic E-state index is 0.0233. The van der Waals surface area contributed by atoms with Crippen molar-refractivity contribution < 1.29 is 4.79 Å². The fourth-order valence-corrected chi connectivity index (χ4v) is 2.15. The lowest BCUT2D eigenvalue weighted by Crippen LogP contribution is -2.41. The molecule has 0 atom stereocenters. The Morgan fingerprint density at radius 3 is 2.75 bits per heavy atom. The fraction of sp³-hybridized carbons (Fsp3) is 0.500. The van der Waals surface area contributed by atoms with E-state index in [0.29, 0.717) is 23.6 Å². The molecule has 6 heteroatoms. The van der Waals surface area contributed by atoms with Crippen LogP contribution in [-0.2, 0) is 0 Å². The third-order valence-corrected chi connectivity index (χ3v) is 3.26. The molecule has 0 unspecified atom stereocenters. The molecule has 1 saturated heterocycles. The van der Waals surface area contributed by atoms with Gasteiger partial charge in [-0.05, 0) is 12.8 Å². The van der Waals surface area contributed by atoms with Crippen molar-refractivity contribution in [2.24, 2.45) is 11.7 Å². The maximum Gasteiger partial charge on any atom is 0.257 e. The molecule has 1 fully saturated rings. The van der Waals surface area contributed by atoms with Crippen LogP contribution in [0.1, 0.15) is 23.2 Å². The molecule has 0 saturated carbocycles. The van der Waals surface area contributed by atoms with E-state index in [1.807, 2.05) is 4.90 Å². The Labute approximate surface area is 99.0 Å². The first-order chi connectivity index (χ1) is 7.68. The van der Waals surface area contributed by atoms with E-state index >= 15 is 0 Å². The van der Waals surface area contributed by atoms with Crippen molar-refractivity contribution in [1.82, 2.24) is 15.1 Å². The average Bonchev–Trinajstić information content (AvgIpc) is 2.81. The molecule has 0 bridgehead atoms. The topological polar surface area (TPSA) is 75.0 Å². The highest BCUT2D eigenvalue weighted by Gasteiger charge is 2.25. The van der Waals surface area contributed by atoms with E-state index in [1.54, 1.807) is 12.4 Å². The van der Waals surface area contributed by atoms with Crippen molar-refractivity contribution in [1.29, 1.82) is 0 Å². The summed E-state index contributed by atoms with van der Waals surface area (Å²) in [5.41, 5.74) is 6.20. The Kier molecular flexibility index (Phi) is 3.19. The highest BCUT2D eigenvalue weighted by molar-refractivity contribution is 7.80. The first kappa shape index (κ1) is 11.1. The van der Waals surface area contributed by atoms with Crippen molar-refractivity contribution in [3.8, 4) is 0 Å². The van der Waals surface area contributed by atoms with Crippen molar-refractivity contribution in [2.45, 2.75) is 12.8 Å². The van der Waals surface area contributed by atoms with Gasteiger partial charge in [0.2, 0.25) is 0 Å². The summed E-state index contributed by atoms with van der Waals surface area (Å²) in [6.07, 6.45) is 4.88. The molecule has 1 amide bonds. The van der Waals surface area contributed by atoms with Gasteiger partial charge in [-0.25, -0.2) is 0 Å². The number of carbonyl (C=O) groups is 1. The summed E-state index contributed by atoms with van der Waals surface area (Å²) >= 11 is 4.96. The second-order valence-corrected chi connectivity index (χ2v) is 4.43. The quantitative estimate of drug-likeness (QED) is 0.738. The number of hydrogen-bond donors (Lipinski definition) is 2. The normalized spacial score (nSPS) is 17.4. The number of H-pyrrole nitrogens is 1. The van der Waals surface area contributed by atoms with Gasteiger partial charge < -0.3 is 10.6 Å². The van der Waals surface area contributed by atoms with Crippen molar-refractivity contribution in [3.05, 3.63) is 18.0 Å². The molecule has 0 aliphatic carbocycles. The summed E-state index contributed by atoms with van der Waals surface area (Å²) < 4.78 is 0. The Hall–Kier alpha value is -1.43. The number of aromatic nitrogens is 2. The number of amides is 1. The molecule has 5 nitrogen and oxygen atoms in total. The van der Waals surface area contributed by atoms with Gasteiger partial charge in [-0.15, -0.1) is 0 Å². The van der Waals surface area contributed by atoms with E-state index in [2.05, 4.69) is 10.2 Å². The Morgan fingerprint density at radius 2 is 2.25 bits per heavy atom. The minimum Gasteiger partial charge on any atom is -0.393 e. The average molecular weight is 238 g/mol. The number of likely N-dealkylation sites (tertiary alicyclic amines) is 1. The van der Waals surface area contributed by atoms with Gasteiger partial charge in [-0.3, -0.25) is 9.89 Å². The summed E-state index contributed by atoms with van der Waals surface area (Å²) in [4.78, 5) is 14.3. The Bertz CT molecular complexity index is 382. The third-order valence-electron chi connectivity index (χ3n) is 2.93. The first-order valence-corrected chi connectivity index (χ1v) is 5.66. The van der Waals surface area contributed by atoms with E-state index < -0.39 is 0 Å². The number of nitrogens with two attached hydrogens (primary N) is 1. The van der Waals surface area contributed by atoms with Crippen LogP contribution < -0.4 is 5.73 Å². The maximum absolute atomic E-state index is 11.9. The largest absolute Gasteiger partial charge is 0.393 e. The van der Waals surface area contributed by atoms with Gasteiger partial charge >= 0.3 is 0 Å². The standard InChI is InChI=1S/C10H14N4OS/c11-9(16)7-1-3-14(4-2-7)10(15)8-5-12-13-6-8/h5-7H,1-4H2,(H2,11,16)(H,12,13). The van der Waals surface area contributed by atoms with Gasteiger partial charge in [0.05, 0.1) is 16.7 Å². The number of nitrogens with zero attached hydrogens (tertiary/aromatic N) is 2. The number of rotatable bonds is 2. The zero-order valence-corrected chi connectivity index (χ0v) is 9.67. The van der Waals surface area contributed by atoms with Crippen molar-refractivity contribution >= 4 is 23.1 Å². The minimum atomic E-state index is 0.0233. The van der Waals surface area contributed by atoms with E-state index in [-0.39, 0.29) is 11.8 Å². The summed E-state index contributed by atoms with van der Waals surface area (Å²) in [6, 6.07) is 0. The van der Waals surface area contributed by atoms with Crippen LogP contribution in [0.15, 0.2) is 12.4 Å². The molecule has 2 rings (SSSR count). The lowest BCUT2D eigenvalue weighted by atomic mass is 9.96. The second-order valence-electron chi connectivity index (χ2n) is 3.96. The molecule has 0 radical (unpaired) electrons. The molecule has 86 valence electrons. The van der Waals surface area contributed by atoms with Crippen LogP contribution >= 0.6 is 12.2 Å². The van der Waals surface area contributed by atoms with Crippen molar-refractivity contribution in [3.63, 3.8) is 0 Å². The summed E-state index contributed by atoms with van der Waals surface area (Å²) in [6.45, 7) is 1.43. The van der Waals surface area contributed by atoms with Crippen LogP contribution in [0.4, 0.5) is 0 Å². The molecule has 1 aliphatic heterocycles. The highest BCUT2D eigenvalue weighted by atomic mass is 32.1. The molecule has 1 aliphatic rings. The monoisotopic (exact) mass is 238 g/mol. The van der Waals surface area contributed by atoms with Gasteiger partial charge in [-0.1, -0.05) is 12.2 Å². The summed E-state index contributed by atoms with van der Waals surface area (Å²) in [7, 11) is 0. The van der Waals surface area contributed by atoms with Crippen LogP contribution in [0, 0.1) is 5.92 Å². The van der Waals surface area contributed by atoms with Crippen LogP contribution in [0.25, 0.3) is 0 Å². The number of aromatic amines is 1. The zero-order valence-electron chi connectivity index (χ0n) is 8.85. The number of hydrogen-bond acceptors (Lipinski definition) is 3. The summed E-state index contributed by atoms with van der Waals surface area (Å²) in [5, 5.41) is 6.41. The Morgan fingerprint density at radius 1 is 1.56 bits per heavy atom. The van der Waals surface area contributed by atoms with Crippen LogP contribution in [0.2, 0.25) is 0 Å². The molecule has 16 heavy (non-hydrogen) atoms. The van der Waals surface area contributed by atoms with Gasteiger partial charge in [0.25, 0.3) is 5.91 Å². The lowest BCUT2D eigenvalue weighted by Gasteiger charge is -2.31. The maximum atomic E-state index is 11.9. The van der Waals surface area contributed by atoms with E-state index in [1.165, 1.54) is 0 Å². The van der Waals surface area contributed by atoms with E-state index in [9.17, 15) is 4.79 Å². The van der Waals surface area contributed by atoms with Gasteiger partial charge in [0.1, 0.15) is 0 Å². The fourth-order valence-electron chi connectivity index (χ4n) is 1.92. The molecular weight excluding hydrogens is 224 g/mol. The van der Waals surface area contributed by atoms with Gasteiger partial charge in [0, 0.05) is 25.2 Å². The number of thiocarbonyl (C=S) groups is 1. The van der Waals surface area contributed by atoms with Crippen LogP contribution in [-0.4, -0.2) is 39.1 Å². The number of nitrogens with one attached hydrogen (secondary N) is 1. The highest BCUT2D eigenvalue weighted by Crippen LogP contribution is 2.18. The third kappa shape index (κ3) is 2.21. The SMILES string of the molecule is NC(=S)C1CCN(C(=O)c2cn[nH]c2)CC1. The molecule has 2 heterocycles. The molecular formula is C10H14N4OS. The van der Waals surface area contributed by atoms with Gasteiger partial charge in [0.15, 0.2) is 0 Å². The zero-order chi connectivity index (χ0) is 11.5. The van der Waals surface area contributed by atoms with Gasteiger partial charge in [-0.2, -0.15) is 5.10 Å². The summed E-state index contributed by atoms with van der Waals surface area (Å²) in [5.74, 6) is 0.304. The Balaban J connectivity index is 1.94. The smallest absolute Gasteiger partial charge is 0.257 e. The predicted octanol–water partition coefficient (Wildman–Crippen LogP) is 0.548. The molecule has 1 aromatic rings. The van der Waals surface area contributed by atoms with Crippen molar-refractivity contribution in [2.75, 3.05) is 13.1 Å². The molecule has 0 aromatic carbocycles. The van der Waals surface area contributed by atoms with E-state index in [4.69, 9.17) is 18.0 Å². The van der Waals surface area contributed by atoms with Crippen LogP contribution in [0.5, 0.6) is 0 Å². The van der Waals surface area contributed by atoms with E-state index in [0.717, 1.165) is 12.8 Å². The van der Waals surface area contributed by atoms with Crippen LogP contribution in [0.3, 0.4) is 0 Å². The first-order valence-electron chi connectivity index (χ1n) is 5.26. The predicted molar refractivity (Wildman–Crippen MR) is 64.0 cm³/mol. The number of carbonyl (C=O) groups excluding carboxylic acids is 1. The lowest BCUT2D eigenvalue weighted by molar-refractivity contribution is 0.0710. The molecule has 1 aromatic heterocycles. The number of piperidine rings is 1.